The first-order valence-electron chi connectivity index (χ1n) is 5.43. The molecule has 0 aromatic heterocycles. The number of rotatable bonds is 2. The van der Waals surface area contributed by atoms with Gasteiger partial charge in [-0.15, -0.1) is 0 Å². The van der Waals surface area contributed by atoms with Gasteiger partial charge in [-0.25, -0.2) is 0 Å². The van der Waals surface area contributed by atoms with Gasteiger partial charge in [-0.05, 0) is 18.6 Å². The summed E-state index contributed by atoms with van der Waals surface area (Å²) in [5.74, 6) is -0.326. The van der Waals surface area contributed by atoms with Crippen LogP contribution in [0.15, 0.2) is 24.3 Å². The third kappa shape index (κ3) is 1.91. The van der Waals surface area contributed by atoms with Crippen LogP contribution >= 0.6 is 0 Å². The SMILES string of the molecule is CCCC1NC(=O)c2ccccc2NC1=O. The first kappa shape index (κ1) is 10.7. The summed E-state index contributed by atoms with van der Waals surface area (Å²) in [5.41, 5.74) is 1.11. The summed E-state index contributed by atoms with van der Waals surface area (Å²) in [6.45, 7) is 1.98. The summed E-state index contributed by atoms with van der Waals surface area (Å²) in [5, 5.41) is 5.50. The average molecular weight is 218 g/mol. The Morgan fingerprint density at radius 1 is 1.25 bits per heavy atom. The van der Waals surface area contributed by atoms with E-state index in [0.717, 1.165) is 6.42 Å². The molecule has 0 saturated heterocycles. The van der Waals surface area contributed by atoms with Gasteiger partial charge in [0.15, 0.2) is 0 Å². The van der Waals surface area contributed by atoms with Crippen LogP contribution in [0.2, 0.25) is 0 Å². The quantitative estimate of drug-likeness (QED) is 0.791. The van der Waals surface area contributed by atoms with Gasteiger partial charge in [-0.1, -0.05) is 25.5 Å². The summed E-state index contributed by atoms with van der Waals surface area (Å²) < 4.78 is 0. The molecule has 1 unspecified atom stereocenters. The van der Waals surface area contributed by atoms with Crippen molar-refractivity contribution in [3.05, 3.63) is 29.8 Å². The van der Waals surface area contributed by atoms with Gasteiger partial charge in [0.05, 0.1) is 11.3 Å². The van der Waals surface area contributed by atoms with E-state index in [9.17, 15) is 9.59 Å². The number of hydrogen-bond acceptors (Lipinski definition) is 2. The predicted molar refractivity (Wildman–Crippen MR) is 61.2 cm³/mol. The van der Waals surface area contributed by atoms with Gasteiger partial charge in [-0.2, -0.15) is 0 Å². The Bertz CT molecular complexity index is 429. The Labute approximate surface area is 94.0 Å². The van der Waals surface area contributed by atoms with E-state index in [0.29, 0.717) is 17.7 Å². The van der Waals surface area contributed by atoms with Crippen LogP contribution in [-0.4, -0.2) is 17.9 Å². The zero-order valence-corrected chi connectivity index (χ0v) is 9.12. The molecule has 1 heterocycles. The van der Waals surface area contributed by atoms with Crippen molar-refractivity contribution in [3.8, 4) is 0 Å². The summed E-state index contributed by atoms with van der Waals surface area (Å²) >= 11 is 0. The van der Waals surface area contributed by atoms with Crippen LogP contribution in [0, 0.1) is 0 Å². The summed E-state index contributed by atoms with van der Waals surface area (Å²) in [7, 11) is 0. The van der Waals surface area contributed by atoms with Crippen LogP contribution in [0.1, 0.15) is 30.1 Å². The maximum atomic E-state index is 11.8. The van der Waals surface area contributed by atoms with Crippen LogP contribution in [0.3, 0.4) is 0 Å². The standard InChI is InChI=1S/C12H14N2O2/c1-2-5-10-12(16)13-9-7-4-3-6-8(9)11(15)14-10/h3-4,6-7,10H,2,5H2,1H3,(H,13,16)(H,14,15). The normalized spacial score (nSPS) is 19.4. The molecule has 0 aliphatic carbocycles. The van der Waals surface area contributed by atoms with E-state index in [1.165, 1.54) is 0 Å². The largest absolute Gasteiger partial charge is 0.340 e. The predicted octanol–water partition coefficient (Wildman–Crippen LogP) is 1.54. The number of hydrogen-bond donors (Lipinski definition) is 2. The topological polar surface area (TPSA) is 58.2 Å². The van der Waals surface area contributed by atoms with Gasteiger partial charge in [0.1, 0.15) is 6.04 Å². The van der Waals surface area contributed by atoms with E-state index in [2.05, 4.69) is 10.6 Å². The second kappa shape index (κ2) is 4.35. The second-order valence-corrected chi connectivity index (χ2v) is 3.85. The van der Waals surface area contributed by atoms with Crippen molar-refractivity contribution in [2.24, 2.45) is 0 Å². The Morgan fingerprint density at radius 3 is 2.75 bits per heavy atom. The Hall–Kier alpha value is -1.84. The molecule has 16 heavy (non-hydrogen) atoms. The molecule has 1 atom stereocenters. The fourth-order valence-electron chi connectivity index (χ4n) is 1.80. The Kier molecular flexibility index (Phi) is 2.90. The van der Waals surface area contributed by atoms with E-state index in [4.69, 9.17) is 0 Å². The van der Waals surface area contributed by atoms with Crippen LogP contribution in [0.5, 0.6) is 0 Å². The van der Waals surface area contributed by atoms with E-state index in [1.54, 1.807) is 24.3 Å². The maximum absolute atomic E-state index is 11.8. The van der Waals surface area contributed by atoms with Crippen molar-refractivity contribution in [3.63, 3.8) is 0 Å². The third-order valence-electron chi connectivity index (χ3n) is 2.63. The molecular weight excluding hydrogens is 204 g/mol. The molecule has 0 bridgehead atoms. The molecule has 0 radical (unpaired) electrons. The zero-order chi connectivity index (χ0) is 11.5. The second-order valence-electron chi connectivity index (χ2n) is 3.85. The maximum Gasteiger partial charge on any atom is 0.254 e. The van der Waals surface area contributed by atoms with E-state index in [-0.39, 0.29) is 11.8 Å². The molecular formula is C12H14N2O2. The van der Waals surface area contributed by atoms with Crippen LogP contribution in [0.25, 0.3) is 0 Å². The molecule has 2 N–H and O–H groups in total. The lowest BCUT2D eigenvalue weighted by atomic mass is 10.1. The fourth-order valence-corrected chi connectivity index (χ4v) is 1.80. The van der Waals surface area contributed by atoms with Crippen LogP contribution in [0.4, 0.5) is 5.69 Å². The molecule has 0 saturated carbocycles. The van der Waals surface area contributed by atoms with E-state index < -0.39 is 6.04 Å². The number of anilines is 1. The van der Waals surface area contributed by atoms with E-state index >= 15 is 0 Å². The lowest BCUT2D eigenvalue weighted by molar-refractivity contribution is -0.118. The van der Waals surface area contributed by atoms with Crippen molar-refractivity contribution < 1.29 is 9.59 Å². The highest BCUT2D eigenvalue weighted by Crippen LogP contribution is 2.18. The minimum Gasteiger partial charge on any atom is -0.340 e. The monoisotopic (exact) mass is 218 g/mol. The lowest BCUT2D eigenvalue weighted by Gasteiger charge is -2.12. The average Bonchev–Trinajstić information content (AvgIpc) is 2.39. The smallest absolute Gasteiger partial charge is 0.254 e. The van der Waals surface area contributed by atoms with Gasteiger partial charge in [0.2, 0.25) is 5.91 Å². The minimum atomic E-state index is -0.426. The summed E-state index contributed by atoms with van der Waals surface area (Å²) in [4.78, 5) is 23.6. The number of nitrogens with one attached hydrogen (secondary N) is 2. The van der Waals surface area contributed by atoms with Gasteiger partial charge >= 0.3 is 0 Å². The highest BCUT2D eigenvalue weighted by atomic mass is 16.2. The van der Waals surface area contributed by atoms with Crippen molar-refractivity contribution >= 4 is 17.5 Å². The van der Waals surface area contributed by atoms with Crippen LogP contribution in [-0.2, 0) is 4.79 Å². The third-order valence-corrected chi connectivity index (χ3v) is 2.63. The van der Waals surface area contributed by atoms with Gasteiger partial charge < -0.3 is 10.6 Å². The fraction of sp³-hybridized carbons (Fsp3) is 0.333. The number of amides is 2. The molecule has 1 aliphatic rings. The van der Waals surface area contributed by atoms with Crippen molar-refractivity contribution in [1.82, 2.24) is 5.32 Å². The number of carbonyl (C=O) groups excluding carboxylic acids is 2. The van der Waals surface area contributed by atoms with Crippen molar-refractivity contribution in [2.45, 2.75) is 25.8 Å². The highest BCUT2D eigenvalue weighted by Gasteiger charge is 2.26. The molecule has 1 aromatic rings. The van der Waals surface area contributed by atoms with Gasteiger partial charge in [0.25, 0.3) is 5.91 Å². The van der Waals surface area contributed by atoms with Gasteiger partial charge in [-0.3, -0.25) is 9.59 Å². The molecule has 0 fully saturated rings. The molecule has 2 amide bonds. The molecule has 1 aromatic carbocycles. The Morgan fingerprint density at radius 2 is 2.00 bits per heavy atom. The number of benzene rings is 1. The molecule has 1 aliphatic heterocycles. The first-order chi connectivity index (χ1) is 7.72. The van der Waals surface area contributed by atoms with Crippen molar-refractivity contribution in [2.75, 3.05) is 5.32 Å². The Balaban J connectivity index is 2.32. The van der Waals surface area contributed by atoms with E-state index in [1.807, 2.05) is 6.92 Å². The molecule has 2 rings (SSSR count). The van der Waals surface area contributed by atoms with Crippen LogP contribution < -0.4 is 10.6 Å². The van der Waals surface area contributed by atoms with Crippen molar-refractivity contribution in [1.29, 1.82) is 0 Å². The molecule has 4 nitrogen and oxygen atoms in total. The summed E-state index contributed by atoms with van der Waals surface area (Å²) in [6, 6.07) is 6.60. The lowest BCUT2D eigenvalue weighted by Crippen LogP contribution is -2.40. The molecule has 84 valence electrons. The highest BCUT2D eigenvalue weighted by molar-refractivity contribution is 6.09. The molecule has 0 spiro atoms. The molecule has 4 heteroatoms. The first-order valence-corrected chi connectivity index (χ1v) is 5.43. The van der Waals surface area contributed by atoms with Gasteiger partial charge in [0, 0.05) is 0 Å². The summed E-state index contributed by atoms with van der Waals surface area (Å²) in [6.07, 6.45) is 1.51. The number of fused-ring (bicyclic) bond motifs is 1. The zero-order valence-electron chi connectivity index (χ0n) is 9.12. The minimum absolute atomic E-state index is 0.139. The number of para-hydroxylation sites is 1. The number of carbonyl (C=O) groups is 2.